The highest BCUT2D eigenvalue weighted by Crippen LogP contribution is 2.17. The molecule has 1 atom stereocenters. The van der Waals surface area contributed by atoms with Crippen molar-refractivity contribution in [1.29, 1.82) is 0 Å². The third-order valence-corrected chi connectivity index (χ3v) is 3.34. The lowest BCUT2D eigenvalue weighted by Gasteiger charge is -2.31. The number of amides is 2. The van der Waals surface area contributed by atoms with Gasteiger partial charge in [0, 0.05) is 26.1 Å². The van der Waals surface area contributed by atoms with Crippen LogP contribution in [0.25, 0.3) is 0 Å². The minimum Gasteiger partial charge on any atom is -0.380 e. The van der Waals surface area contributed by atoms with Gasteiger partial charge in [-0.15, -0.1) is 0 Å². The van der Waals surface area contributed by atoms with Gasteiger partial charge in [0.25, 0.3) is 0 Å². The number of carbonyl (C=O) groups is 2. The zero-order valence-electron chi connectivity index (χ0n) is 11.6. The van der Waals surface area contributed by atoms with E-state index in [1.165, 1.54) is 0 Å². The summed E-state index contributed by atoms with van der Waals surface area (Å²) in [6, 6.07) is 0. The SMILES string of the molecule is CCCOCCN1CCC(=O)NC(C)(CC)C1=O. The Bertz CT molecular complexity index is 307. The molecule has 1 unspecified atom stereocenters. The van der Waals surface area contributed by atoms with Crippen molar-refractivity contribution in [3.05, 3.63) is 0 Å². The first-order valence-electron chi connectivity index (χ1n) is 6.71. The second-order valence-electron chi connectivity index (χ2n) is 4.89. The van der Waals surface area contributed by atoms with Crippen molar-refractivity contribution in [1.82, 2.24) is 10.2 Å². The van der Waals surface area contributed by atoms with Gasteiger partial charge in [-0.25, -0.2) is 0 Å². The number of ether oxygens (including phenoxy) is 1. The molecule has 0 spiro atoms. The second-order valence-corrected chi connectivity index (χ2v) is 4.89. The quantitative estimate of drug-likeness (QED) is 0.719. The van der Waals surface area contributed by atoms with E-state index in [0.29, 0.717) is 39.1 Å². The largest absolute Gasteiger partial charge is 0.380 e. The molecular weight excluding hydrogens is 232 g/mol. The van der Waals surface area contributed by atoms with Gasteiger partial charge < -0.3 is 15.0 Å². The van der Waals surface area contributed by atoms with Crippen molar-refractivity contribution in [3.63, 3.8) is 0 Å². The Kier molecular flexibility index (Phi) is 5.59. The molecule has 5 nitrogen and oxygen atoms in total. The van der Waals surface area contributed by atoms with Crippen molar-refractivity contribution in [2.75, 3.05) is 26.3 Å². The highest BCUT2D eigenvalue weighted by atomic mass is 16.5. The predicted octanol–water partition coefficient (Wildman–Crippen LogP) is 0.930. The van der Waals surface area contributed by atoms with Crippen LogP contribution in [0.3, 0.4) is 0 Å². The van der Waals surface area contributed by atoms with Crippen molar-refractivity contribution < 1.29 is 14.3 Å². The Morgan fingerprint density at radius 1 is 1.33 bits per heavy atom. The van der Waals surface area contributed by atoms with Crippen molar-refractivity contribution in [2.24, 2.45) is 0 Å². The van der Waals surface area contributed by atoms with Gasteiger partial charge in [-0.3, -0.25) is 9.59 Å². The molecular formula is C13H24N2O3. The van der Waals surface area contributed by atoms with Gasteiger partial charge in [-0.2, -0.15) is 0 Å². The van der Waals surface area contributed by atoms with Crippen molar-refractivity contribution >= 4 is 11.8 Å². The fraction of sp³-hybridized carbons (Fsp3) is 0.846. The highest BCUT2D eigenvalue weighted by molar-refractivity contribution is 5.93. The molecule has 1 N–H and O–H groups in total. The molecule has 0 aromatic heterocycles. The fourth-order valence-corrected chi connectivity index (χ4v) is 1.98. The molecule has 0 aliphatic carbocycles. The Morgan fingerprint density at radius 3 is 2.67 bits per heavy atom. The van der Waals surface area contributed by atoms with E-state index in [1.807, 2.05) is 13.8 Å². The molecule has 1 aliphatic heterocycles. The van der Waals surface area contributed by atoms with E-state index in [-0.39, 0.29) is 11.8 Å². The van der Waals surface area contributed by atoms with Crippen LogP contribution < -0.4 is 5.32 Å². The molecule has 5 heteroatoms. The minimum atomic E-state index is -0.766. The number of rotatable bonds is 6. The van der Waals surface area contributed by atoms with Gasteiger partial charge in [-0.1, -0.05) is 13.8 Å². The highest BCUT2D eigenvalue weighted by Gasteiger charge is 2.38. The van der Waals surface area contributed by atoms with Gasteiger partial charge in [0.1, 0.15) is 5.54 Å². The van der Waals surface area contributed by atoms with E-state index in [4.69, 9.17) is 4.74 Å². The van der Waals surface area contributed by atoms with Crippen LogP contribution in [0.5, 0.6) is 0 Å². The number of carbonyl (C=O) groups excluding carboxylic acids is 2. The maximum Gasteiger partial charge on any atom is 0.248 e. The van der Waals surface area contributed by atoms with Crippen molar-refractivity contribution in [3.8, 4) is 0 Å². The molecule has 2 amide bonds. The Balaban J connectivity index is 2.61. The van der Waals surface area contributed by atoms with E-state index in [9.17, 15) is 9.59 Å². The molecule has 0 aromatic carbocycles. The van der Waals surface area contributed by atoms with Crippen LogP contribution >= 0.6 is 0 Å². The average molecular weight is 256 g/mol. The number of hydrogen-bond donors (Lipinski definition) is 1. The summed E-state index contributed by atoms with van der Waals surface area (Å²) < 4.78 is 5.40. The minimum absolute atomic E-state index is 0.00375. The molecule has 104 valence electrons. The van der Waals surface area contributed by atoms with Gasteiger partial charge in [-0.05, 0) is 19.8 Å². The summed E-state index contributed by atoms with van der Waals surface area (Å²) in [6.45, 7) is 8.04. The summed E-state index contributed by atoms with van der Waals surface area (Å²) in [7, 11) is 0. The molecule has 1 aliphatic rings. The Hall–Kier alpha value is -1.10. The second kappa shape index (κ2) is 6.73. The molecule has 0 saturated carbocycles. The summed E-state index contributed by atoms with van der Waals surface area (Å²) >= 11 is 0. The van der Waals surface area contributed by atoms with Gasteiger partial charge in [0.15, 0.2) is 0 Å². The third kappa shape index (κ3) is 3.70. The lowest BCUT2D eigenvalue weighted by molar-refractivity contribution is -0.138. The van der Waals surface area contributed by atoms with Crippen LogP contribution in [0.1, 0.15) is 40.0 Å². The Morgan fingerprint density at radius 2 is 2.06 bits per heavy atom. The van der Waals surface area contributed by atoms with Crippen LogP contribution in [-0.4, -0.2) is 48.6 Å². The molecule has 0 aromatic rings. The number of nitrogens with one attached hydrogen (secondary N) is 1. The lowest BCUT2D eigenvalue weighted by atomic mass is 9.97. The molecule has 1 rings (SSSR count). The summed E-state index contributed by atoms with van der Waals surface area (Å²) in [5.41, 5.74) is -0.766. The zero-order chi connectivity index (χ0) is 13.6. The fourth-order valence-electron chi connectivity index (χ4n) is 1.98. The smallest absolute Gasteiger partial charge is 0.248 e. The van der Waals surface area contributed by atoms with E-state index < -0.39 is 5.54 Å². The van der Waals surface area contributed by atoms with E-state index in [2.05, 4.69) is 5.32 Å². The van der Waals surface area contributed by atoms with Gasteiger partial charge >= 0.3 is 0 Å². The number of nitrogens with zero attached hydrogens (tertiary/aromatic N) is 1. The van der Waals surface area contributed by atoms with Crippen LogP contribution in [-0.2, 0) is 14.3 Å². The first-order chi connectivity index (χ1) is 8.53. The summed E-state index contributed by atoms with van der Waals surface area (Å²) in [4.78, 5) is 25.7. The summed E-state index contributed by atoms with van der Waals surface area (Å²) in [5, 5.41) is 2.82. The summed E-state index contributed by atoms with van der Waals surface area (Å²) in [5.74, 6) is -0.0550. The van der Waals surface area contributed by atoms with Crippen LogP contribution in [0, 0.1) is 0 Å². The molecule has 1 heterocycles. The Labute approximate surface area is 109 Å². The first-order valence-corrected chi connectivity index (χ1v) is 6.71. The topological polar surface area (TPSA) is 58.6 Å². The maximum absolute atomic E-state index is 12.4. The summed E-state index contributed by atoms with van der Waals surface area (Å²) in [6.07, 6.45) is 1.94. The maximum atomic E-state index is 12.4. The standard InChI is InChI=1S/C13H24N2O3/c1-4-9-18-10-8-15-7-6-11(16)14-13(3,5-2)12(15)17/h4-10H2,1-3H3,(H,14,16). The third-order valence-electron chi connectivity index (χ3n) is 3.34. The van der Waals surface area contributed by atoms with Crippen LogP contribution in [0.4, 0.5) is 0 Å². The van der Waals surface area contributed by atoms with Crippen LogP contribution in [0.2, 0.25) is 0 Å². The van der Waals surface area contributed by atoms with Crippen LogP contribution in [0.15, 0.2) is 0 Å². The average Bonchev–Trinajstić information content (AvgIpc) is 2.46. The first kappa shape index (κ1) is 15.0. The molecule has 0 radical (unpaired) electrons. The lowest BCUT2D eigenvalue weighted by Crippen LogP contribution is -2.55. The zero-order valence-corrected chi connectivity index (χ0v) is 11.6. The monoisotopic (exact) mass is 256 g/mol. The van der Waals surface area contributed by atoms with E-state index >= 15 is 0 Å². The normalized spacial score (nSPS) is 24.9. The van der Waals surface area contributed by atoms with E-state index in [1.54, 1.807) is 11.8 Å². The van der Waals surface area contributed by atoms with Gasteiger partial charge in [0.2, 0.25) is 11.8 Å². The van der Waals surface area contributed by atoms with Gasteiger partial charge in [0.05, 0.1) is 6.61 Å². The number of hydrogen-bond acceptors (Lipinski definition) is 3. The molecule has 1 saturated heterocycles. The van der Waals surface area contributed by atoms with Crippen molar-refractivity contribution in [2.45, 2.75) is 45.6 Å². The van der Waals surface area contributed by atoms with E-state index in [0.717, 1.165) is 6.42 Å². The molecule has 18 heavy (non-hydrogen) atoms. The predicted molar refractivity (Wildman–Crippen MR) is 69.1 cm³/mol. The molecule has 1 fully saturated rings. The molecule has 0 bridgehead atoms.